The highest BCUT2D eigenvalue weighted by Gasteiger charge is 1.76. The van der Waals surface area contributed by atoms with Crippen LogP contribution in [0.1, 0.15) is 26.7 Å². The molecule has 0 aliphatic heterocycles. The zero-order valence-corrected chi connectivity index (χ0v) is 5.07. The van der Waals surface area contributed by atoms with Gasteiger partial charge < -0.3 is 0 Å². The third-order valence-electron chi connectivity index (χ3n) is 0.875. The maximum Gasteiger partial charge on any atom is 0.107 e. The van der Waals surface area contributed by atoms with E-state index in [1.165, 1.54) is 0 Å². The molecule has 0 saturated carbocycles. The summed E-state index contributed by atoms with van der Waals surface area (Å²) in [6, 6.07) is 0. The fourth-order valence-electron chi connectivity index (χ4n) is 0.407. The molecule has 0 atom stereocenters. The molecule has 0 heterocycles. The fraction of sp³-hybridized carbons (Fsp3) is 0.667. The molecule has 2 radical (unpaired) electrons. The molecule has 1 heteroatoms. The maximum absolute atomic E-state index is 5.44. The molecule has 0 aromatic carbocycles. The molecular formula is C6H11B. The summed E-state index contributed by atoms with van der Waals surface area (Å²) in [5, 5.41) is 0. The molecule has 0 bridgehead atoms. The van der Waals surface area contributed by atoms with E-state index >= 15 is 0 Å². The molecule has 0 nitrogen and oxygen atoms in total. The van der Waals surface area contributed by atoms with Gasteiger partial charge in [-0.05, 0) is 12.8 Å². The Hall–Kier alpha value is -0.195. The van der Waals surface area contributed by atoms with Crippen LogP contribution in [-0.4, -0.2) is 7.85 Å². The highest BCUT2D eigenvalue weighted by atomic mass is 13.8. The minimum atomic E-state index is 0.980. The Bertz CT molecular complexity index is 64.6. The van der Waals surface area contributed by atoms with Crippen LogP contribution in [0.25, 0.3) is 0 Å². The standard InChI is InChI=1S/C6H11B/c1-3-5-6(7)4-2/h5H,3-4H2,1-2H3/b6-5+. The SMILES string of the molecule is [B]/C(=C/CC)CC. The number of hydrogen-bond acceptors (Lipinski definition) is 0. The molecule has 0 aliphatic rings. The predicted octanol–water partition coefficient (Wildman–Crippen LogP) is 1.86. The Kier molecular flexibility index (Phi) is 3.87. The van der Waals surface area contributed by atoms with Crippen molar-refractivity contribution in [3.05, 3.63) is 11.5 Å². The van der Waals surface area contributed by atoms with Crippen molar-refractivity contribution in [3.63, 3.8) is 0 Å². The summed E-state index contributed by atoms with van der Waals surface area (Å²) >= 11 is 0. The van der Waals surface area contributed by atoms with Gasteiger partial charge in [-0.15, -0.1) is 5.47 Å². The zero-order valence-electron chi connectivity index (χ0n) is 5.07. The van der Waals surface area contributed by atoms with Crippen LogP contribution in [-0.2, 0) is 0 Å². The van der Waals surface area contributed by atoms with Gasteiger partial charge in [0.2, 0.25) is 0 Å². The van der Waals surface area contributed by atoms with Crippen molar-refractivity contribution in [3.8, 4) is 0 Å². The molecule has 7 heavy (non-hydrogen) atoms. The molecule has 0 saturated heterocycles. The van der Waals surface area contributed by atoms with Gasteiger partial charge in [0.25, 0.3) is 0 Å². The summed E-state index contributed by atoms with van der Waals surface area (Å²) in [5.74, 6) is 0. The van der Waals surface area contributed by atoms with E-state index in [0.29, 0.717) is 0 Å². The van der Waals surface area contributed by atoms with Crippen LogP contribution in [0.2, 0.25) is 0 Å². The van der Waals surface area contributed by atoms with E-state index in [2.05, 4.69) is 13.8 Å². The van der Waals surface area contributed by atoms with Crippen LogP contribution in [0.5, 0.6) is 0 Å². The van der Waals surface area contributed by atoms with Crippen molar-refractivity contribution >= 4 is 7.85 Å². The van der Waals surface area contributed by atoms with Crippen molar-refractivity contribution in [1.29, 1.82) is 0 Å². The predicted molar refractivity (Wildman–Crippen MR) is 34.4 cm³/mol. The number of rotatable bonds is 2. The summed E-state index contributed by atoms with van der Waals surface area (Å²) in [4.78, 5) is 0. The Morgan fingerprint density at radius 3 is 2.29 bits per heavy atom. The van der Waals surface area contributed by atoms with Crippen LogP contribution in [0, 0.1) is 0 Å². The summed E-state index contributed by atoms with van der Waals surface area (Å²) in [7, 11) is 5.44. The van der Waals surface area contributed by atoms with Crippen molar-refractivity contribution in [2.75, 3.05) is 0 Å². The normalized spacial score (nSPS) is 12.0. The first kappa shape index (κ1) is 6.80. The van der Waals surface area contributed by atoms with Crippen LogP contribution < -0.4 is 0 Å². The third kappa shape index (κ3) is 3.64. The average Bonchev–Trinajstić information content (AvgIpc) is 1.68. The lowest BCUT2D eigenvalue weighted by Crippen LogP contribution is -1.74. The molecular weight excluding hydrogens is 82.9 g/mol. The van der Waals surface area contributed by atoms with Crippen molar-refractivity contribution < 1.29 is 0 Å². The van der Waals surface area contributed by atoms with E-state index in [4.69, 9.17) is 7.85 Å². The Morgan fingerprint density at radius 1 is 1.57 bits per heavy atom. The van der Waals surface area contributed by atoms with Crippen LogP contribution in [0.15, 0.2) is 11.5 Å². The van der Waals surface area contributed by atoms with E-state index in [1.807, 2.05) is 6.08 Å². The van der Waals surface area contributed by atoms with Gasteiger partial charge in [-0.3, -0.25) is 0 Å². The van der Waals surface area contributed by atoms with Gasteiger partial charge in [0, 0.05) is 0 Å². The summed E-state index contributed by atoms with van der Waals surface area (Å²) < 4.78 is 0. The molecule has 0 spiro atoms. The summed E-state index contributed by atoms with van der Waals surface area (Å²) in [6.45, 7) is 4.14. The second-order valence-electron chi connectivity index (χ2n) is 1.54. The Balaban J connectivity index is 3.29. The topological polar surface area (TPSA) is 0 Å². The third-order valence-corrected chi connectivity index (χ3v) is 0.875. The minimum Gasteiger partial charge on any atom is -0.122 e. The smallest absolute Gasteiger partial charge is 0.107 e. The van der Waals surface area contributed by atoms with Gasteiger partial charge >= 0.3 is 0 Å². The van der Waals surface area contributed by atoms with Crippen molar-refractivity contribution in [2.24, 2.45) is 0 Å². The van der Waals surface area contributed by atoms with Gasteiger partial charge in [-0.1, -0.05) is 19.9 Å². The van der Waals surface area contributed by atoms with Gasteiger partial charge in [-0.25, -0.2) is 0 Å². The second-order valence-corrected chi connectivity index (χ2v) is 1.54. The van der Waals surface area contributed by atoms with E-state index in [1.54, 1.807) is 0 Å². The molecule has 0 aromatic heterocycles. The van der Waals surface area contributed by atoms with Gasteiger partial charge in [-0.2, -0.15) is 0 Å². The first-order chi connectivity index (χ1) is 3.31. The molecule has 38 valence electrons. The van der Waals surface area contributed by atoms with E-state index in [-0.39, 0.29) is 0 Å². The van der Waals surface area contributed by atoms with Crippen molar-refractivity contribution in [2.45, 2.75) is 26.7 Å². The molecule has 0 aromatic rings. The summed E-state index contributed by atoms with van der Waals surface area (Å²) in [6.07, 6.45) is 4.08. The monoisotopic (exact) mass is 94.1 g/mol. The second kappa shape index (κ2) is 3.98. The lowest BCUT2D eigenvalue weighted by atomic mass is 9.92. The molecule has 0 N–H and O–H groups in total. The average molecular weight is 94.0 g/mol. The maximum atomic E-state index is 5.44. The largest absolute Gasteiger partial charge is 0.122 e. The Labute approximate surface area is 47.0 Å². The molecule has 0 rings (SSSR count). The highest BCUT2D eigenvalue weighted by Crippen LogP contribution is 1.93. The van der Waals surface area contributed by atoms with Gasteiger partial charge in [0.1, 0.15) is 7.85 Å². The minimum absolute atomic E-state index is 0.980. The van der Waals surface area contributed by atoms with Crippen LogP contribution >= 0.6 is 0 Å². The number of allylic oxidation sites excluding steroid dienone is 2. The quantitative estimate of drug-likeness (QED) is 0.458. The zero-order chi connectivity index (χ0) is 5.70. The number of hydrogen-bond donors (Lipinski definition) is 0. The van der Waals surface area contributed by atoms with Gasteiger partial charge in [0.15, 0.2) is 0 Å². The Morgan fingerprint density at radius 2 is 2.14 bits per heavy atom. The fourth-order valence-corrected chi connectivity index (χ4v) is 0.407. The summed E-state index contributed by atoms with van der Waals surface area (Å²) in [5.41, 5.74) is 1.00. The van der Waals surface area contributed by atoms with E-state index in [0.717, 1.165) is 18.3 Å². The first-order valence-electron chi connectivity index (χ1n) is 2.75. The molecule has 0 unspecified atom stereocenters. The van der Waals surface area contributed by atoms with Crippen molar-refractivity contribution in [1.82, 2.24) is 0 Å². The first-order valence-corrected chi connectivity index (χ1v) is 2.75. The van der Waals surface area contributed by atoms with E-state index < -0.39 is 0 Å². The van der Waals surface area contributed by atoms with Crippen LogP contribution in [0.3, 0.4) is 0 Å². The lowest BCUT2D eigenvalue weighted by molar-refractivity contribution is 1.13. The van der Waals surface area contributed by atoms with Gasteiger partial charge in [0.05, 0.1) is 0 Å². The van der Waals surface area contributed by atoms with Crippen LogP contribution in [0.4, 0.5) is 0 Å². The molecule has 0 fully saturated rings. The lowest BCUT2D eigenvalue weighted by Gasteiger charge is -1.89. The van der Waals surface area contributed by atoms with E-state index in [9.17, 15) is 0 Å². The highest BCUT2D eigenvalue weighted by molar-refractivity contribution is 6.21. The molecule has 0 aliphatic carbocycles. The molecule has 0 amide bonds.